The van der Waals surface area contributed by atoms with Crippen molar-refractivity contribution in [3.8, 4) is 11.3 Å². The van der Waals surface area contributed by atoms with Crippen LogP contribution in [-0.4, -0.2) is 9.97 Å². The number of aryl methyl sites for hydroxylation is 2. The van der Waals surface area contributed by atoms with Gasteiger partial charge in [0.2, 0.25) is 0 Å². The minimum absolute atomic E-state index is 0.221. The van der Waals surface area contributed by atoms with E-state index in [0.29, 0.717) is 0 Å². The van der Waals surface area contributed by atoms with Crippen LogP contribution >= 0.6 is 0 Å². The van der Waals surface area contributed by atoms with Crippen LogP contribution in [0.4, 0.5) is 0 Å². The molecule has 0 atom stereocenters. The highest BCUT2D eigenvalue weighted by molar-refractivity contribution is 6.16. The van der Waals surface area contributed by atoms with E-state index in [0.717, 1.165) is 56.2 Å². The molecular formula is C27H26N2O. The largest absolute Gasteiger partial charge is 0.455 e. The highest BCUT2D eigenvalue weighted by Gasteiger charge is 2.18. The number of benzene rings is 2. The first-order chi connectivity index (χ1) is 14.3. The number of rotatable bonds is 2. The van der Waals surface area contributed by atoms with E-state index in [1.807, 2.05) is 19.2 Å². The van der Waals surface area contributed by atoms with Gasteiger partial charge in [-0.15, -0.1) is 0 Å². The molecule has 0 aliphatic heterocycles. The third kappa shape index (κ3) is 3.15. The van der Waals surface area contributed by atoms with Crippen molar-refractivity contribution in [3.05, 3.63) is 71.5 Å². The van der Waals surface area contributed by atoms with Crippen molar-refractivity contribution in [2.24, 2.45) is 5.41 Å². The molecule has 2 aromatic carbocycles. The summed E-state index contributed by atoms with van der Waals surface area (Å²) in [5, 5.41) is 3.28. The van der Waals surface area contributed by atoms with E-state index < -0.39 is 0 Å². The number of para-hydroxylation sites is 1. The van der Waals surface area contributed by atoms with Crippen molar-refractivity contribution in [2.45, 2.75) is 41.0 Å². The molecule has 3 heterocycles. The van der Waals surface area contributed by atoms with Gasteiger partial charge in [0.1, 0.15) is 11.2 Å². The van der Waals surface area contributed by atoms with E-state index in [4.69, 9.17) is 9.40 Å². The van der Waals surface area contributed by atoms with Crippen LogP contribution < -0.4 is 0 Å². The first kappa shape index (κ1) is 18.8. The second-order valence-electron chi connectivity index (χ2n) is 9.48. The number of hydrogen-bond donors (Lipinski definition) is 0. The minimum Gasteiger partial charge on any atom is -0.455 e. The Morgan fingerprint density at radius 1 is 0.867 bits per heavy atom. The Balaban J connectivity index is 1.75. The lowest BCUT2D eigenvalue weighted by Gasteiger charge is -2.20. The molecule has 0 aliphatic carbocycles. The monoisotopic (exact) mass is 394 g/mol. The van der Waals surface area contributed by atoms with Crippen molar-refractivity contribution in [2.75, 3.05) is 0 Å². The molecule has 30 heavy (non-hydrogen) atoms. The Labute approximate surface area is 176 Å². The first-order valence-electron chi connectivity index (χ1n) is 10.5. The zero-order valence-electron chi connectivity index (χ0n) is 18.2. The van der Waals surface area contributed by atoms with Crippen LogP contribution in [-0.2, 0) is 6.42 Å². The average molecular weight is 395 g/mol. The SMILES string of the molecule is Cc1ccc2c(ccc3c4cccc(-c5cc(CC(C)(C)C)c(C)cn5)c4oc23)n1. The zero-order valence-corrected chi connectivity index (χ0v) is 18.2. The van der Waals surface area contributed by atoms with Crippen LogP contribution in [0.15, 0.2) is 59.1 Å². The topological polar surface area (TPSA) is 38.9 Å². The predicted octanol–water partition coefficient (Wildman–Crippen LogP) is 7.40. The van der Waals surface area contributed by atoms with E-state index in [1.54, 1.807) is 0 Å². The highest BCUT2D eigenvalue weighted by Crippen LogP contribution is 2.38. The highest BCUT2D eigenvalue weighted by atomic mass is 16.3. The molecule has 0 N–H and O–H groups in total. The molecule has 0 fully saturated rings. The van der Waals surface area contributed by atoms with Gasteiger partial charge in [0, 0.05) is 33.6 Å². The summed E-state index contributed by atoms with van der Waals surface area (Å²) >= 11 is 0. The third-order valence-corrected chi connectivity index (χ3v) is 5.68. The van der Waals surface area contributed by atoms with Gasteiger partial charge in [0.05, 0.1) is 11.2 Å². The number of fused-ring (bicyclic) bond motifs is 5. The molecule has 5 rings (SSSR count). The summed E-state index contributed by atoms with van der Waals surface area (Å²) in [4.78, 5) is 9.42. The summed E-state index contributed by atoms with van der Waals surface area (Å²) < 4.78 is 6.48. The van der Waals surface area contributed by atoms with Gasteiger partial charge >= 0.3 is 0 Å². The maximum absolute atomic E-state index is 6.48. The summed E-state index contributed by atoms with van der Waals surface area (Å²) in [5.41, 5.74) is 8.54. The van der Waals surface area contributed by atoms with Crippen molar-refractivity contribution in [1.82, 2.24) is 9.97 Å². The van der Waals surface area contributed by atoms with Crippen LogP contribution in [0.3, 0.4) is 0 Å². The van der Waals surface area contributed by atoms with E-state index >= 15 is 0 Å². The molecular weight excluding hydrogens is 368 g/mol. The molecule has 150 valence electrons. The van der Waals surface area contributed by atoms with Crippen molar-refractivity contribution >= 4 is 32.8 Å². The van der Waals surface area contributed by atoms with Gasteiger partial charge in [-0.3, -0.25) is 9.97 Å². The molecule has 5 aromatic rings. The smallest absolute Gasteiger partial charge is 0.144 e. The Morgan fingerprint density at radius 3 is 2.43 bits per heavy atom. The number of aromatic nitrogens is 2. The fourth-order valence-corrected chi connectivity index (χ4v) is 4.24. The van der Waals surface area contributed by atoms with Gasteiger partial charge < -0.3 is 4.42 Å². The second-order valence-corrected chi connectivity index (χ2v) is 9.48. The summed E-state index contributed by atoms with van der Waals surface area (Å²) in [5.74, 6) is 0. The molecule has 3 aromatic heterocycles. The van der Waals surface area contributed by atoms with E-state index in [9.17, 15) is 0 Å². The quantitative estimate of drug-likeness (QED) is 0.313. The van der Waals surface area contributed by atoms with Gasteiger partial charge in [-0.25, -0.2) is 0 Å². The lowest BCUT2D eigenvalue weighted by Crippen LogP contribution is -2.10. The fourth-order valence-electron chi connectivity index (χ4n) is 4.24. The normalized spacial score (nSPS) is 12.3. The van der Waals surface area contributed by atoms with E-state index in [-0.39, 0.29) is 5.41 Å². The molecule has 0 saturated heterocycles. The van der Waals surface area contributed by atoms with Crippen LogP contribution in [0.25, 0.3) is 44.1 Å². The molecule has 0 unspecified atom stereocenters. The number of pyridine rings is 2. The van der Waals surface area contributed by atoms with Crippen LogP contribution in [0.5, 0.6) is 0 Å². The van der Waals surface area contributed by atoms with Gasteiger partial charge in [0.15, 0.2) is 0 Å². The maximum Gasteiger partial charge on any atom is 0.144 e. The first-order valence-corrected chi connectivity index (χ1v) is 10.5. The summed E-state index contributed by atoms with van der Waals surface area (Å²) in [6.07, 6.45) is 3.00. The minimum atomic E-state index is 0.221. The standard InChI is InChI=1S/C27H26N2O/c1-16-15-28-24(13-18(16)14-27(3,4)5)21-8-6-7-19-20-11-12-23-22(10-9-17(2)29-23)26(20)30-25(19)21/h6-13,15H,14H2,1-5H3. The summed E-state index contributed by atoms with van der Waals surface area (Å²) in [6.45, 7) is 11.0. The van der Waals surface area contributed by atoms with E-state index in [1.165, 1.54) is 11.1 Å². The van der Waals surface area contributed by atoms with Crippen LogP contribution in [0, 0.1) is 19.3 Å². The number of nitrogens with zero attached hydrogens (tertiary/aromatic N) is 2. The second kappa shape index (κ2) is 6.66. The maximum atomic E-state index is 6.48. The Morgan fingerprint density at radius 2 is 1.63 bits per heavy atom. The molecule has 3 heteroatoms. The molecule has 3 nitrogen and oxygen atoms in total. The van der Waals surface area contributed by atoms with E-state index in [2.05, 4.69) is 75.1 Å². The Bertz CT molecular complexity index is 1420. The van der Waals surface area contributed by atoms with Gasteiger partial charge in [-0.1, -0.05) is 32.9 Å². The molecule has 0 amide bonds. The summed E-state index contributed by atoms with van der Waals surface area (Å²) in [7, 11) is 0. The lowest BCUT2D eigenvalue weighted by molar-refractivity contribution is 0.410. The fraction of sp³-hybridized carbons (Fsp3) is 0.259. The van der Waals surface area contributed by atoms with Crippen LogP contribution in [0.1, 0.15) is 37.6 Å². The third-order valence-electron chi connectivity index (χ3n) is 5.68. The summed E-state index contributed by atoms with van der Waals surface area (Å²) in [6, 6.07) is 16.9. The van der Waals surface area contributed by atoms with Crippen molar-refractivity contribution in [1.29, 1.82) is 0 Å². The average Bonchev–Trinajstić information content (AvgIpc) is 3.07. The molecule has 0 aliphatic rings. The molecule has 0 radical (unpaired) electrons. The Kier molecular flexibility index (Phi) is 4.18. The molecule has 0 spiro atoms. The molecule has 0 saturated carbocycles. The van der Waals surface area contributed by atoms with Gasteiger partial charge in [-0.05, 0) is 73.2 Å². The predicted molar refractivity (Wildman–Crippen MR) is 125 cm³/mol. The number of hydrogen-bond acceptors (Lipinski definition) is 3. The van der Waals surface area contributed by atoms with Crippen molar-refractivity contribution < 1.29 is 4.42 Å². The lowest BCUT2D eigenvalue weighted by atomic mass is 9.86. The van der Waals surface area contributed by atoms with Gasteiger partial charge in [0.25, 0.3) is 0 Å². The number of furan rings is 1. The zero-order chi connectivity index (χ0) is 21.0. The Hall–Kier alpha value is -3.20. The van der Waals surface area contributed by atoms with Crippen LogP contribution in [0.2, 0.25) is 0 Å². The molecule has 0 bridgehead atoms. The van der Waals surface area contributed by atoms with Gasteiger partial charge in [-0.2, -0.15) is 0 Å². The van der Waals surface area contributed by atoms with Crippen molar-refractivity contribution in [3.63, 3.8) is 0 Å².